The van der Waals surface area contributed by atoms with Gasteiger partial charge in [-0.2, -0.15) is 10.1 Å². The average molecular weight is 498 g/mol. The Bertz CT molecular complexity index is 1610. The molecule has 6 aromatic rings. The number of imidazole rings is 1. The van der Waals surface area contributed by atoms with Gasteiger partial charge in [-0.05, 0) is 30.2 Å². The number of aromatic nitrogens is 8. The Kier molecular flexibility index (Phi) is 5.61. The van der Waals surface area contributed by atoms with Crippen molar-refractivity contribution in [3.63, 3.8) is 0 Å². The SMILES string of the molecule is Cc1nc(C2(c3cnn(C)c3)NCCc3c2[nH]c2ccccc32)no1.Fc1ccc(-c2cnc[nH]2)nc1. The summed E-state index contributed by atoms with van der Waals surface area (Å²) in [5, 5.41) is 13.5. The number of H-pyrrole nitrogens is 2. The zero-order valence-corrected chi connectivity index (χ0v) is 20.2. The second kappa shape index (κ2) is 9.10. The van der Waals surface area contributed by atoms with Gasteiger partial charge < -0.3 is 14.5 Å². The molecule has 0 bridgehead atoms. The van der Waals surface area contributed by atoms with Gasteiger partial charge in [0.25, 0.3) is 0 Å². The van der Waals surface area contributed by atoms with E-state index >= 15 is 0 Å². The van der Waals surface area contributed by atoms with Gasteiger partial charge in [-0.15, -0.1) is 0 Å². The molecule has 0 amide bonds. The van der Waals surface area contributed by atoms with E-state index in [1.807, 2.05) is 32.4 Å². The van der Waals surface area contributed by atoms with E-state index in [0.29, 0.717) is 17.4 Å². The number of fused-ring (bicyclic) bond motifs is 3. The van der Waals surface area contributed by atoms with Crippen molar-refractivity contribution in [2.75, 3.05) is 6.54 Å². The Morgan fingerprint density at radius 2 is 2.00 bits per heavy atom. The summed E-state index contributed by atoms with van der Waals surface area (Å²) < 4.78 is 19.6. The lowest BCUT2D eigenvalue weighted by atomic mass is 9.81. The molecule has 11 heteroatoms. The first-order valence-corrected chi connectivity index (χ1v) is 11.8. The van der Waals surface area contributed by atoms with Crippen LogP contribution in [0.15, 0.2) is 72.0 Å². The number of nitrogens with one attached hydrogen (secondary N) is 3. The summed E-state index contributed by atoms with van der Waals surface area (Å²) >= 11 is 0. The standard InChI is InChI=1S/C18H18N6O.C8H6FN3/c1-11-21-17(23-25-11)18(12-9-20-24(2)10-12)16-14(7-8-19-18)13-5-3-4-6-15(13)22-16;9-6-1-2-7(11-3-6)8-4-10-5-12-8/h3-6,9-10,19,22H,7-8H2,1-2H3;1-5H,(H,10,12). The fraction of sp³-hybridized carbons (Fsp3) is 0.192. The molecule has 186 valence electrons. The molecule has 3 N–H and O–H groups in total. The first kappa shape index (κ1) is 22.8. The number of nitrogens with zero attached hydrogens (tertiary/aromatic N) is 6. The van der Waals surface area contributed by atoms with Gasteiger partial charge in [-0.25, -0.2) is 9.37 Å². The van der Waals surface area contributed by atoms with Crippen molar-refractivity contribution in [2.45, 2.75) is 18.9 Å². The minimum atomic E-state index is -0.696. The van der Waals surface area contributed by atoms with E-state index in [1.54, 1.807) is 23.3 Å². The van der Waals surface area contributed by atoms with Crippen molar-refractivity contribution >= 4 is 10.9 Å². The molecule has 1 aliphatic rings. The number of aryl methyl sites for hydroxylation is 2. The Morgan fingerprint density at radius 1 is 1.11 bits per heavy atom. The highest BCUT2D eigenvalue weighted by Crippen LogP contribution is 2.41. The molecule has 0 aliphatic carbocycles. The van der Waals surface area contributed by atoms with Crippen LogP contribution < -0.4 is 5.32 Å². The molecule has 1 aliphatic heterocycles. The number of para-hydroxylation sites is 1. The fourth-order valence-electron chi connectivity index (χ4n) is 4.81. The van der Waals surface area contributed by atoms with E-state index in [4.69, 9.17) is 4.52 Å². The second-order valence-electron chi connectivity index (χ2n) is 8.82. The molecule has 5 aromatic heterocycles. The molecule has 37 heavy (non-hydrogen) atoms. The molecule has 7 rings (SSSR count). The monoisotopic (exact) mass is 497 g/mol. The van der Waals surface area contributed by atoms with Crippen molar-refractivity contribution in [1.82, 2.24) is 45.2 Å². The molecule has 1 aromatic carbocycles. The normalized spacial score (nSPS) is 16.8. The van der Waals surface area contributed by atoms with Crippen LogP contribution in [0.25, 0.3) is 22.3 Å². The quantitative estimate of drug-likeness (QED) is 0.341. The molecular formula is C26H24FN9O. The van der Waals surface area contributed by atoms with E-state index in [0.717, 1.165) is 35.4 Å². The van der Waals surface area contributed by atoms with Gasteiger partial charge in [0, 0.05) is 43.2 Å². The highest BCUT2D eigenvalue weighted by molar-refractivity contribution is 5.86. The van der Waals surface area contributed by atoms with Gasteiger partial charge in [0.1, 0.15) is 5.82 Å². The van der Waals surface area contributed by atoms with Crippen LogP contribution in [0.5, 0.6) is 0 Å². The first-order chi connectivity index (χ1) is 18.0. The molecule has 0 spiro atoms. The zero-order valence-electron chi connectivity index (χ0n) is 20.2. The predicted molar refractivity (Wildman–Crippen MR) is 134 cm³/mol. The fourth-order valence-corrected chi connectivity index (χ4v) is 4.81. The van der Waals surface area contributed by atoms with Gasteiger partial charge in [0.15, 0.2) is 5.54 Å². The third-order valence-electron chi connectivity index (χ3n) is 6.46. The van der Waals surface area contributed by atoms with Crippen molar-refractivity contribution < 1.29 is 8.91 Å². The van der Waals surface area contributed by atoms with Gasteiger partial charge in [-0.3, -0.25) is 15.0 Å². The van der Waals surface area contributed by atoms with Crippen molar-refractivity contribution in [3.8, 4) is 11.4 Å². The van der Waals surface area contributed by atoms with Crippen molar-refractivity contribution in [3.05, 3.63) is 102 Å². The predicted octanol–water partition coefficient (Wildman–Crippen LogP) is 3.64. The maximum absolute atomic E-state index is 12.4. The van der Waals surface area contributed by atoms with E-state index in [-0.39, 0.29) is 5.82 Å². The van der Waals surface area contributed by atoms with Crippen LogP contribution in [-0.2, 0) is 19.0 Å². The van der Waals surface area contributed by atoms with Crippen molar-refractivity contribution in [1.29, 1.82) is 0 Å². The second-order valence-corrected chi connectivity index (χ2v) is 8.82. The van der Waals surface area contributed by atoms with E-state index in [2.05, 4.69) is 58.7 Å². The summed E-state index contributed by atoms with van der Waals surface area (Å²) in [5.74, 6) is 0.812. The summed E-state index contributed by atoms with van der Waals surface area (Å²) in [5.41, 5.74) is 5.24. The molecule has 1 unspecified atom stereocenters. The van der Waals surface area contributed by atoms with Crippen LogP contribution in [0.1, 0.15) is 28.5 Å². The minimum absolute atomic E-state index is 0.335. The lowest BCUT2D eigenvalue weighted by molar-refractivity contribution is 0.356. The smallest absolute Gasteiger partial charge is 0.223 e. The number of rotatable bonds is 3. The van der Waals surface area contributed by atoms with Gasteiger partial charge in [0.2, 0.25) is 11.7 Å². The van der Waals surface area contributed by atoms with Crippen LogP contribution in [0.2, 0.25) is 0 Å². The molecule has 0 saturated carbocycles. The summed E-state index contributed by atoms with van der Waals surface area (Å²) in [6, 6.07) is 11.3. The van der Waals surface area contributed by atoms with Gasteiger partial charge >= 0.3 is 0 Å². The number of hydrogen-bond acceptors (Lipinski definition) is 7. The lowest BCUT2D eigenvalue weighted by Crippen LogP contribution is -2.50. The molecule has 1 atom stereocenters. The Labute approximate surface area is 211 Å². The number of aromatic amines is 2. The summed E-state index contributed by atoms with van der Waals surface area (Å²) in [6.45, 7) is 2.62. The summed E-state index contributed by atoms with van der Waals surface area (Å²) in [4.78, 5) is 18.7. The van der Waals surface area contributed by atoms with Crippen LogP contribution >= 0.6 is 0 Å². The largest absolute Gasteiger partial charge is 0.356 e. The van der Waals surface area contributed by atoms with Crippen LogP contribution in [0.3, 0.4) is 0 Å². The molecule has 0 fully saturated rings. The molecule has 10 nitrogen and oxygen atoms in total. The molecule has 0 radical (unpaired) electrons. The summed E-state index contributed by atoms with van der Waals surface area (Å²) in [7, 11) is 1.91. The van der Waals surface area contributed by atoms with E-state index in [1.165, 1.54) is 23.2 Å². The number of hydrogen-bond donors (Lipinski definition) is 3. The Morgan fingerprint density at radius 3 is 2.70 bits per heavy atom. The Hall–Kier alpha value is -4.64. The number of benzene rings is 1. The maximum atomic E-state index is 12.4. The van der Waals surface area contributed by atoms with Crippen LogP contribution in [0, 0.1) is 12.7 Å². The van der Waals surface area contributed by atoms with Crippen LogP contribution in [-0.4, -0.2) is 46.4 Å². The molecular weight excluding hydrogens is 473 g/mol. The summed E-state index contributed by atoms with van der Waals surface area (Å²) in [6.07, 6.45) is 9.17. The number of pyridine rings is 1. The highest BCUT2D eigenvalue weighted by Gasteiger charge is 2.46. The maximum Gasteiger partial charge on any atom is 0.223 e. The zero-order chi connectivity index (χ0) is 25.4. The molecule has 0 saturated heterocycles. The van der Waals surface area contributed by atoms with Crippen molar-refractivity contribution in [2.24, 2.45) is 7.05 Å². The van der Waals surface area contributed by atoms with E-state index in [9.17, 15) is 4.39 Å². The Balaban J connectivity index is 0.000000176. The first-order valence-electron chi connectivity index (χ1n) is 11.8. The van der Waals surface area contributed by atoms with E-state index < -0.39 is 5.54 Å². The van der Waals surface area contributed by atoms with Gasteiger partial charge in [0.05, 0.1) is 42.0 Å². The number of halogens is 1. The van der Waals surface area contributed by atoms with Crippen LogP contribution in [0.4, 0.5) is 4.39 Å². The van der Waals surface area contributed by atoms with Gasteiger partial charge in [-0.1, -0.05) is 23.4 Å². The minimum Gasteiger partial charge on any atom is -0.356 e. The lowest BCUT2D eigenvalue weighted by Gasteiger charge is -2.35. The molecule has 6 heterocycles. The third kappa shape index (κ3) is 3.99. The highest BCUT2D eigenvalue weighted by atomic mass is 19.1. The topological polar surface area (TPSA) is 126 Å². The third-order valence-corrected chi connectivity index (χ3v) is 6.46. The average Bonchev–Trinajstić information content (AvgIpc) is 3.72.